The van der Waals surface area contributed by atoms with Crippen molar-refractivity contribution < 1.29 is 9.52 Å². The van der Waals surface area contributed by atoms with Crippen LogP contribution in [-0.4, -0.2) is 24.8 Å². The fourth-order valence-electron chi connectivity index (χ4n) is 0.995. The second-order valence-electron chi connectivity index (χ2n) is 2.66. The van der Waals surface area contributed by atoms with Gasteiger partial charge in [0.1, 0.15) is 5.76 Å². The minimum Gasteiger partial charge on any atom is -0.469 e. The van der Waals surface area contributed by atoms with Crippen LogP contribution < -0.4 is 5.32 Å². The van der Waals surface area contributed by atoms with E-state index in [4.69, 9.17) is 9.52 Å². The third-order valence-electron chi connectivity index (χ3n) is 1.64. The van der Waals surface area contributed by atoms with Gasteiger partial charge in [0, 0.05) is 19.6 Å². The van der Waals surface area contributed by atoms with Crippen molar-refractivity contribution in [2.24, 2.45) is 0 Å². The van der Waals surface area contributed by atoms with Crippen LogP contribution in [0.1, 0.15) is 12.2 Å². The van der Waals surface area contributed by atoms with Gasteiger partial charge in [-0.15, -0.1) is 0 Å². The Bertz CT molecular complexity index is 184. The molecule has 0 amide bonds. The highest BCUT2D eigenvalue weighted by Crippen LogP contribution is 1.99. The van der Waals surface area contributed by atoms with Gasteiger partial charge < -0.3 is 14.8 Å². The summed E-state index contributed by atoms with van der Waals surface area (Å²) in [4.78, 5) is 0. The fourth-order valence-corrected chi connectivity index (χ4v) is 0.995. The molecule has 3 nitrogen and oxygen atoms in total. The Morgan fingerprint density at radius 1 is 1.42 bits per heavy atom. The largest absolute Gasteiger partial charge is 0.469 e. The van der Waals surface area contributed by atoms with Gasteiger partial charge in [0.05, 0.1) is 6.26 Å². The molecule has 0 saturated carbocycles. The molecule has 0 radical (unpaired) electrons. The monoisotopic (exact) mass is 169 g/mol. The van der Waals surface area contributed by atoms with Crippen molar-refractivity contribution in [2.45, 2.75) is 12.8 Å². The van der Waals surface area contributed by atoms with Crippen LogP contribution in [0.2, 0.25) is 0 Å². The van der Waals surface area contributed by atoms with Gasteiger partial charge in [-0.05, 0) is 25.1 Å². The van der Waals surface area contributed by atoms with Crippen molar-refractivity contribution in [3.8, 4) is 0 Å². The lowest BCUT2D eigenvalue weighted by Gasteiger charge is -2.00. The van der Waals surface area contributed by atoms with Crippen LogP contribution in [0.5, 0.6) is 0 Å². The molecule has 0 fully saturated rings. The van der Waals surface area contributed by atoms with Gasteiger partial charge >= 0.3 is 0 Å². The van der Waals surface area contributed by atoms with Crippen molar-refractivity contribution >= 4 is 0 Å². The standard InChI is InChI=1S/C9H15NO2/c11-7-2-5-10-6-4-9-3-1-8-12-9/h1,3,8,10-11H,2,4-7H2. The summed E-state index contributed by atoms with van der Waals surface area (Å²) in [6.07, 6.45) is 3.42. The Labute approximate surface area is 72.4 Å². The van der Waals surface area contributed by atoms with Crippen LogP contribution in [0.15, 0.2) is 22.8 Å². The maximum atomic E-state index is 8.49. The Morgan fingerprint density at radius 3 is 3.00 bits per heavy atom. The van der Waals surface area contributed by atoms with Gasteiger partial charge in [-0.1, -0.05) is 0 Å². The maximum Gasteiger partial charge on any atom is 0.105 e. The number of furan rings is 1. The van der Waals surface area contributed by atoms with Gasteiger partial charge in [0.2, 0.25) is 0 Å². The molecule has 0 aliphatic carbocycles. The van der Waals surface area contributed by atoms with Crippen molar-refractivity contribution in [1.82, 2.24) is 5.32 Å². The fraction of sp³-hybridized carbons (Fsp3) is 0.556. The van der Waals surface area contributed by atoms with E-state index in [-0.39, 0.29) is 6.61 Å². The van der Waals surface area contributed by atoms with Gasteiger partial charge in [-0.25, -0.2) is 0 Å². The molecule has 0 bridgehead atoms. The summed E-state index contributed by atoms with van der Waals surface area (Å²) >= 11 is 0. The summed E-state index contributed by atoms with van der Waals surface area (Å²) in [6.45, 7) is 2.04. The number of aliphatic hydroxyl groups excluding tert-OH is 1. The van der Waals surface area contributed by atoms with E-state index in [1.165, 1.54) is 0 Å². The molecular formula is C9H15NO2. The average molecular weight is 169 g/mol. The SMILES string of the molecule is OCCCNCCc1ccco1. The van der Waals surface area contributed by atoms with Crippen molar-refractivity contribution in [3.63, 3.8) is 0 Å². The molecule has 1 rings (SSSR count). The van der Waals surface area contributed by atoms with Gasteiger partial charge in [0.25, 0.3) is 0 Å². The molecule has 0 spiro atoms. The second-order valence-corrected chi connectivity index (χ2v) is 2.66. The Hall–Kier alpha value is -0.800. The lowest BCUT2D eigenvalue weighted by molar-refractivity contribution is 0.286. The summed E-state index contributed by atoms with van der Waals surface area (Å²) in [5.74, 6) is 1.01. The Kier molecular flexibility index (Phi) is 4.49. The first-order chi connectivity index (χ1) is 5.93. The highest BCUT2D eigenvalue weighted by molar-refractivity contribution is 4.98. The molecule has 1 aromatic rings. The van der Waals surface area contributed by atoms with Gasteiger partial charge in [-0.2, -0.15) is 0 Å². The van der Waals surface area contributed by atoms with Crippen molar-refractivity contribution in [3.05, 3.63) is 24.2 Å². The zero-order valence-electron chi connectivity index (χ0n) is 7.12. The van der Waals surface area contributed by atoms with E-state index in [1.54, 1.807) is 6.26 Å². The molecular weight excluding hydrogens is 154 g/mol. The summed E-state index contributed by atoms with van der Waals surface area (Å²) in [5, 5.41) is 11.7. The van der Waals surface area contributed by atoms with Crippen molar-refractivity contribution in [2.75, 3.05) is 19.7 Å². The molecule has 0 atom stereocenters. The van der Waals surface area contributed by atoms with E-state index in [1.807, 2.05) is 12.1 Å². The van der Waals surface area contributed by atoms with E-state index < -0.39 is 0 Å². The second kappa shape index (κ2) is 5.80. The van der Waals surface area contributed by atoms with E-state index in [9.17, 15) is 0 Å². The number of rotatable bonds is 6. The quantitative estimate of drug-likeness (QED) is 0.619. The van der Waals surface area contributed by atoms with Crippen LogP contribution >= 0.6 is 0 Å². The lowest BCUT2D eigenvalue weighted by Crippen LogP contribution is -2.19. The molecule has 0 saturated heterocycles. The molecule has 3 heteroatoms. The molecule has 12 heavy (non-hydrogen) atoms. The van der Waals surface area contributed by atoms with Gasteiger partial charge in [-0.3, -0.25) is 0 Å². The molecule has 2 N–H and O–H groups in total. The first kappa shape index (κ1) is 9.29. The zero-order valence-corrected chi connectivity index (χ0v) is 7.12. The van der Waals surface area contributed by atoms with Crippen LogP contribution in [0.4, 0.5) is 0 Å². The molecule has 68 valence electrons. The maximum absolute atomic E-state index is 8.49. The predicted molar refractivity (Wildman–Crippen MR) is 47.0 cm³/mol. The normalized spacial score (nSPS) is 10.4. The van der Waals surface area contributed by atoms with Crippen LogP contribution in [-0.2, 0) is 6.42 Å². The van der Waals surface area contributed by atoms with E-state index in [0.29, 0.717) is 0 Å². The minimum absolute atomic E-state index is 0.258. The number of aliphatic hydroxyl groups is 1. The summed E-state index contributed by atoms with van der Waals surface area (Å²) in [6, 6.07) is 3.86. The zero-order chi connectivity index (χ0) is 8.65. The average Bonchev–Trinajstić information content (AvgIpc) is 2.57. The molecule has 0 aliphatic heterocycles. The molecule has 0 unspecified atom stereocenters. The summed E-state index contributed by atoms with van der Waals surface area (Å²) in [7, 11) is 0. The third-order valence-corrected chi connectivity index (χ3v) is 1.64. The molecule has 1 heterocycles. The lowest BCUT2D eigenvalue weighted by atomic mass is 10.3. The highest BCUT2D eigenvalue weighted by Gasteiger charge is 1.93. The van der Waals surface area contributed by atoms with Crippen LogP contribution in [0, 0.1) is 0 Å². The van der Waals surface area contributed by atoms with Crippen molar-refractivity contribution in [1.29, 1.82) is 0 Å². The third kappa shape index (κ3) is 3.55. The number of nitrogens with one attached hydrogen (secondary N) is 1. The minimum atomic E-state index is 0.258. The topological polar surface area (TPSA) is 45.4 Å². The Balaban J connectivity index is 1.96. The smallest absolute Gasteiger partial charge is 0.105 e. The van der Waals surface area contributed by atoms with E-state index in [2.05, 4.69) is 5.32 Å². The Morgan fingerprint density at radius 2 is 2.33 bits per heavy atom. The molecule has 1 aromatic heterocycles. The number of hydrogen-bond donors (Lipinski definition) is 2. The van der Waals surface area contributed by atoms with E-state index >= 15 is 0 Å². The summed E-state index contributed by atoms with van der Waals surface area (Å²) in [5.41, 5.74) is 0. The van der Waals surface area contributed by atoms with Crippen LogP contribution in [0.25, 0.3) is 0 Å². The highest BCUT2D eigenvalue weighted by atomic mass is 16.3. The van der Waals surface area contributed by atoms with E-state index in [0.717, 1.165) is 31.7 Å². The molecule has 0 aliphatic rings. The summed E-state index contributed by atoms with van der Waals surface area (Å²) < 4.78 is 5.15. The first-order valence-electron chi connectivity index (χ1n) is 4.27. The number of hydrogen-bond acceptors (Lipinski definition) is 3. The molecule has 0 aromatic carbocycles. The predicted octanol–water partition coefficient (Wildman–Crippen LogP) is 0.794. The van der Waals surface area contributed by atoms with Gasteiger partial charge in [0.15, 0.2) is 0 Å². The van der Waals surface area contributed by atoms with Crippen LogP contribution in [0.3, 0.4) is 0 Å². The first-order valence-corrected chi connectivity index (χ1v) is 4.27.